The van der Waals surface area contributed by atoms with Crippen molar-refractivity contribution in [1.82, 2.24) is 29.0 Å². The number of carbonyl (C=O) groups excluding carboxylic acids is 1. The lowest BCUT2D eigenvalue weighted by Gasteiger charge is -2.36. The summed E-state index contributed by atoms with van der Waals surface area (Å²) in [6.07, 6.45) is 12.0. The van der Waals surface area contributed by atoms with E-state index in [0.717, 1.165) is 51.7 Å². The molecule has 0 fully saturated rings. The SMILES string of the molecule is Fc1ccc([C@H]2NCCc3sc(Cl)cc32)cc1.O=C(O)c1ccc2nccn2c1.O=C(c1ccc2nccn2c1)N1CCc2sc(Cl)cc2[C@H]1c1ccc(F)cc1. The van der Waals surface area contributed by atoms with Crippen molar-refractivity contribution in [3.05, 3.63) is 186 Å². The number of pyridine rings is 2. The molecule has 2 N–H and O–H groups in total. The summed E-state index contributed by atoms with van der Waals surface area (Å²) in [7, 11) is 0. The normalized spacial score (nSPS) is 15.9. The van der Waals surface area contributed by atoms with Crippen LogP contribution in [0.5, 0.6) is 0 Å². The number of benzene rings is 2. The van der Waals surface area contributed by atoms with Crippen LogP contribution in [0.2, 0.25) is 8.67 Å². The van der Waals surface area contributed by atoms with Gasteiger partial charge < -0.3 is 24.1 Å². The summed E-state index contributed by atoms with van der Waals surface area (Å²) < 4.78 is 31.4. The Morgan fingerprint density at radius 1 is 0.719 bits per heavy atom. The highest BCUT2D eigenvalue weighted by Gasteiger charge is 2.34. The quantitative estimate of drug-likeness (QED) is 0.183. The molecule has 10 rings (SSSR count). The van der Waals surface area contributed by atoms with Crippen LogP contribution in [0.1, 0.15) is 64.8 Å². The number of hydrogen-bond donors (Lipinski definition) is 2. The van der Waals surface area contributed by atoms with Crippen molar-refractivity contribution in [2.24, 2.45) is 0 Å². The Kier molecular flexibility index (Phi) is 11.2. The smallest absolute Gasteiger partial charge is 0.337 e. The van der Waals surface area contributed by atoms with Crippen LogP contribution in [-0.4, -0.2) is 53.7 Å². The molecule has 1 amide bonds. The van der Waals surface area contributed by atoms with Gasteiger partial charge in [-0.25, -0.2) is 23.5 Å². The van der Waals surface area contributed by atoms with Gasteiger partial charge in [-0.1, -0.05) is 47.5 Å². The molecule has 9 nitrogen and oxygen atoms in total. The van der Waals surface area contributed by atoms with Crippen molar-refractivity contribution in [3.63, 3.8) is 0 Å². The third kappa shape index (κ3) is 8.34. The van der Waals surface area contributed by atoms with Gasteiger partial charge in [0.15, 0.2) is 0 Å². The lowest BCUT2D eigenvalue weighted by molar-refractivity contribution is 0.0687. The zero-order valence-electron chi connectivity index (χ0n) is 29.9. The van der Waals surface area contributed by atoms with Gasteiger partial charge in [-0.2, -0.15) is 0 Å². The van der Waals surface area contributed by atoms with Crippen molar-refractivity contribution in [2.45, 2.75) is 24.9 Å². The van der Waals surface area contributed by atoms with Gasteiger partial charge in [0, 0.05) is 60.0 Å². The molecular formula is C42H32Cl2F2N6O3S2. The lowest BCUT2D eigenvalue weighted by atomic mass is 9.92. The molecule has 57 heavy (non-hydrogen) atoms. The van der Waals surface area contributed by atoms with E-state index in [2.05, 4.69) is 15.3 Å². The highest BCUT2D eigenvalue weighted by atomic mass is 35.5. The summed E-state index contributed by atoms with van der Waals surface area (Å²) in [5, 5.41) is 12.1. The van der Waals surface area contributed by atoms with E-state index in [1.165, 1.54) is 51.8 Å². The first-order valence-electron chi connectivity index (χ1n) is 17.8. The molecule has 2 atom stereocenters. The Bertz CT molecular complexity index is 2710. The van der Waals surface area contributed by atoms with Crippen LogP contribution in [-0.2, 0) is 12.8 Å². The molecule has 8 aromatic rings. The second-order valence-electron chi connectivity index (χ2n) is 13.3. The molecule has 2 aliphatic rings. The maximum absolute atomic E-state index is 13.5. The fourth-order valence-corrected chi connectivity index (χ4v) is 9.69. The molecule has 0 spiro atoms. The van der Waals surface area contributed by atoms with Crippen LogP contribution in [0.25, 0.3) is 11.3 Å². The van der Waals surface area contributed by atoms with Crippen LogP contribution in [0.3, 0.4) is 0 Å². The van der Waals surface area contributed by atoms with Crippen molar-refractivity contribution in [3.8, 4) is 0 Å². The van der Waals surface area contributed by atoms with Crippen LogP contribution in [0.4, 0.5) is 8.78 Å². The fraction of sp³-hybridized carbons (Fsp3) is 0.143. The number of aromatic carboxylic acids is 1. The Morgan fingerprint density at radius 3 is 1.88 bits per heavy atom. The van der Waals surface area contributed by atoms with E-state index in [4.69, 9.17) is 28.3 Å². The van der Waals surface area contributed by atoms with Crippen molar-refractivity contribution < 1.29 is 23.5 Å². The van der Waals surface area contributed by atoms with Gasteiger partial charge in [-0.05, 0) is 95.8 Å². The maximum atomic E-state index is 13.5. The first-order valence-corrected chi connectivity index (χ1v) is 20.2. The van der Waals surface area contributed by atoms with E-state index in [-0.39, 0.29) is 35.2 Å². The maximum Gasteiger partial charge on any atom is 0.337 e. The largest absolute Gasteiger partial charge is 0.478 e. The van der Waals surface area contributed by atoms with Gasteiger partial charge in [-0.3, -0.25) is 4.79 Å². The van der Waals surface area contributed by atoms with Crippen LogP contribution >= 0.6 is 45.9 Å². The third-order valence-electron chi connectivity index (χ3n) is 9.74. The molecule has 2 aliphatic heterocycles. The number of rotatable bonds is 4. The van der Waals surface area contributed by atoms with E-state index in [1.807, 2.05) is 45.8 Å². The Labute approximate surface area is 343 Å². The lowest BCUT2D eigenvalue weighted by Crippen LogP contribution is -2.40. The minimum Gasteiger partial charge on any atom is -0.478 e. The van der Waals surface area contributed by atoms with E-state index in [0.29, 0.717) is 16.4 Å². The first kappa shape index (κ1) is 38.4. The Hall–Kier alpha value is -5.44. The molecule has 0 saturated heterocycles. The number of carboxylic acids is 1. The highest BCUT2D eigenvalue weighted by molar-refractivity contribution is 7.16. The summed E-state index contributed by atoms with van der Waals surface area (Å²) in [6, 6.07) is 23.6. The molecule has 0 radical (unpaired) electrons. The summed E-state index contributed by atoms with van der Waals surface area (Å²) in [5.74, 6) is -1.50. The van der Waals surface area contributed by atoms with E-state index < -0.39 is 5.97 Å². The number of carbonyl (C=O) groups is 2. The fourth-order valence-electron chi connectivity index (χ4n) is 7.08. The minimum absolute atomic E-state index is 0.0714. The second kappa shape index (κ2) is 16.6. The predicted molar refractivity (Wildman–Crippen MR) is 219 cm³/mol. The molecule has 0 aliphatic carbocycles. The topological polar surface area (TPSA) is 104 Å². The predicted octanol–water partition coefficient (Wildman–Crippen LogP) is 9.78. The van der Waals surface area contributed by atoms with Gasteiger partial charge in [0.05, 0.1) is 31.9 Å². The Morgan fingerprint density at radius 2 is 1.26 bits per heavy atom. The summed E-state index contributed by atoms with van der Waals surface area (Å²) in [6.45, 7) is 1.51. The molecule has 0 bridgehead atoms. The van der Waals surface area contributed by atoms with Gasteiger partial charge in [-0.15, -0.1) is 22.7 Å². The number of hydrogen-bond acceptors (Lipinski definition) is 7. The summed E-state index contributed by atoms with van der Waals surface area (Å²) in [5.41, 5.74) is 6.60. The monoisotopic (exact) mass is 840 g/mol. The van der Waals surface area contributed by atoms with E-state index >= 15 is 0 Å². The van der Waals surface area contributed by atoms with Crippen LogP contribution in [0, 0.1) is 11.6 Å². The number of nitrogens with zero attached hydrogens (tertiary/aromatic N) is 5. The number of fused-ring (bicyclic) bond motifs is 4. The molecule has 0 unspecified atom stereocenters. The average molecular weight is 842 g/mol. The molecule has 15 heteroatoms. The molecule has 6 aromatic heterocycles. The molecule has 288 valence electrons. The number of imidazole rings is 2. The van der Waals surface area contributed by atoms with Crippen molar-refractivity contribution in [1.29, 1.82) is 0 Å². The number of thiophene rings is 2. The van der Waals surface area contributed by atoms with E-state index in [1.54, 1.807) is 76.1 Å². The van der Waals surface area contributed by atoms with Gasteiger partial charge in [0.25, 0.3) is 5.91 Å². The van der Waals surface area contributed by atoms with Gasteiger partial charge >= 0.3 is 5.97 Å². The van der Waals surface area contributed by atoms with Crippen LogP contribution < -0.4 is 5.32 Å². The van der Waals surface area contributed by atoms with Crippen molar-refractivity contribution >= 4 is 69.0 Å². The Balaban J connectivity index is 0.000000133. The van der Waals surface area contributed by atoms with Crippen molar-refractivity contribution in [2.75, 3.05) is 13.1 Å². The molecule has 2 aromatic carbocycles. The number of nitrogens with one attached hydrogen (secondary N) is 1. The summed E-state index contributed by atoms with van der Waals surface area (Å²) >= 11 is 15.5. The van der Waals surface area contributed by atoms with Gasteiger partial charge in [0.2, 0.25) is 0 Å². The average Bonchev–Trinajstić information content (AvgIpc) is 4.03. The number of carboxylic acid groups (broad SMARTS) is 1. The molecule has 0 saturated carbocycles. The minimum atomic E-state index is -0.925. The van der Waals surface area contributed by atoms with Gasteiger partial charge in [0.1, 0.15) is 22.9 Å². The number of amides is 1. The second-order valence-corrected chi connectivity index (χ2v) is 16.8. The zero-order valence-corrected chi connectivity index (χ0v) is 33.0. The highest BCUT2D eigenvalue weighted by Crippen LogP contribution is 2.42. The first-order chi connectivity index (χ1) is 27.6. The summed E-state index contributed by atoms with van der Waals surface area (Å²) in [4.78, 5) is 36.5. The van der Waals surface area contributed by atoms with E-state index in [9.17, 15) is 18.4 Å². The molecule has 8 heterocycles. The number of halogens is 4. The van der Waals surface area contributed by atoms with Crippen LogP contribution in [0.15, 0.2) is 122 Å². The zero-order chi connectivity index (χ0) is 39.6. The third-order valence-corrected chi connectivity index (χ3v) is 12.4. The standard InChI is InChI=1S/C21H15ClFN3OS.C13H11ClFNS.C8H6N2O2/c22-18-11-16-17(28-18)7-9-26(20(16)13-1-4-15(23)5-2-13)21(27)14-3-6-19-24-8-10-25(19)12-14;14-12-7-10-11(17-12)5-6-16-13(10)8-1-3-9(15)4-2-8;11-8(12)6-1-2-7-9-3-4-10(7)5-6/h1-6,8,10-12,20H,7,9H2;1-4,7,13,16H,5-6H2;1-5H,(H,11,12)/t20-;13-;/m11./s1. The number of aromatic nitrogens is 4. The molecular weight excluding hydrogens is 810 g/mol.